The van der Waals surface area contributed by atoms with Gasteiger partial charge in [-0.3, -0.25) is 4.79 Å². The molecule has 0 unspecified atom stereocenters. The molecule has 134 valence electrons. The van der Waals surface area contributed by atoms with Gasteiger partial charge < -0.3 is 4.90 Å². The molecule has 2 aromatic rings. The Morgan fingerprint density at radius 1 is 1.08 bits per heavy atom. The molecule has 0 spiro atoms. The highest BCUT2D eigenvalue weighted by Gasteiger charge is 2.27. The number of hydrogen-bond donors (Lipinski definition) is 0. The third-order valence-corrected chi connectivity index (χ3v) is 6.89. The van der Waals surface area contributed by atoms with Gasteiger partial charge in [-0.15, -0.1) is 0 Å². The van der Waals surface area contributed by atoms with Crippen LogP contribution < -0.4 is 10.5 Å². The molecule has 25 heavy (non-hydrogen) atoms. The molecule has 1 aliphatic rings. The average Bonchev–Trinajstić information content (AvgIpc) is 2.87. The molecule has 0 amide bonds. The van der Waals surface area contributed by atoms with E-state index >= 15 is 0 Å². The maximum atomic E-state index is 12.8. The highest BCUT2D eigenvalue weighted by atomic mass is 79.9. The van der Waals surface area contributed by atoms with Crippen LogP contribution in [0.2, 0.25) is 0 Å². The minimum atomic E-state index is -3.50. The molecular weight excluding hydrogens is 408 g/mol. The quantitative estimate of drug-likeness (QED) is 0.741. The molecule has 7 nitrogen and oxygen atoms in total. The SMILES string of the molecule is Cn1ncc(N2CCCN(S(=O)(=O)c3ccccc3)CC2)c(Br)c1=O. The number of halogens is 1. The summed E-state index contributed by atoms with van der Waals surface area (Å²) in [5, 5.41) is 4.06. The van der Waals surface area contributed by atoms with Crippen LogP contribution in [0.25, 0.3) is 0 Å². The van der Waals surface area contributed by atoms with Crippen LogP contribution in [0.1, 0.15) is 6.42 Å². The predicted octanol–water partition coefficient (Wildman–Crippen LogP) is 1.44. The fourth-order valence-electron chi connectivity index (χ4n) is 2.84. The monoisotopic (exact) mass is 426 g/mol. The Morgan fingerprint density at radius 3 is 2.52 bits per heavy atom. The van der Waals surface area contributed by atoms with Crippen molar-refractivity contribution in [2.45, 2.75) is 11.3 Å². The lowest BCUT2D eigenvalue weighted by atomic mass is 10.3. The van der Waals surface area contributed by atoms with E-state index in [9.17, 15) is 13.2 Å². The molecule has 0 aliphatic carbocycles. The Labute approximate surface area is 155 Å². The van der Waals surface area contributed by atoms with Crippen LogP contribution in [0, 0.1) is 0 Å². The van der Waals surface area contributed by atoms with Crippen LogP contribution in [0.4, 0.5) is 5.69 Å². The number of rotatable bonds is 3. The van der Waals surface area contributed by atoms with E-state index in [1.165, 1.54) is 8.99 Å². The van der Waals surface area contributed by atoms with Crippen LogP contribution in [-0.2, 0) is 17.1 Å². The Morgan fingerprint density at radius 2 is 1.80 bits per heavy atom. The van der Waals surface area contributed by atoms with Crippen molar-refractivity contribution in [1.82, 2.24) is 14.1 Å². The first-order valence-corrected chi connectivity index (χ1v) is 10.2. The van der Waals surface area contributed by atoms with Crippen molar-refractivity contribution in [2.24, 2.45) is 7.05 Å². The summed E-state index contributed by atoms with van der Waals surface area (Å²) >= 11 is 3.34. The highest BCUT2D eigenvalue weighted by molar-refractivity contribution is 9.10. The number of sulfonamides is 1. The lowest BCUT2D eigenvalue weighted by Crippen LogP contribution is -2.36. The molecule has 0 atom stereocenters. The van der Waals surface area contributed by atoms with Crippen molar-refractivity contribution < 1.29 is 8.42 Å². The summed E-state index contributed by atoms with van der Waals surface area (Å²) in [4.78, 5) is 14.4. The molecular formula is C16H19BrN4O3S. The van der Waals surface area contributed by atoms with E-state index in [2.05, 4.69) is 21.0 Å². The summed E-state index contributed by atoms with van der Waals surface area (Å²) in [6.45, 7) is 1.97. The van der Waals surface area contributed by atoms with E-state index in [0.717, 1.165) is 0 Å². The number of aromatic nitrogens is 2. The Hall–Kier alpha value is -1.71. The van der Waals surface area contributed by atoms with Crippen molar-refractivity contribution in [3.63, 3.8) is 0 Å². The van der Waals surface area contributed by atoms with Crippen LogP contribution in [0.15, 0.2) is 50.7 Å². The number of benzene rings is 1. The van der Waals surface area contributed by atoms with Crippen LogP contribution >= 0.6 is 15.9 Å². The van der Waals surface area contributed by atoms with Crippen molar-refractivity contribution in [1.29, 1.82) is 0 Å². The van der Waals surface area contributed by atoms with Gasteiger partial charge in [0.2, 0.25) is 10.0 Å². The normalized spacial score (nSPS) is 16.6. The van der Waals surface area contributed by atoms with E-state index in [4.69, 9.17) is 0 Å². The largest absolute Gasteiger partial charge is 0.368 e. The fourth-order valence-corrected chi connectivity index (χ4v) is 4.94. The molecule has 1 saturated heterocycles. The molecule has 3 rings (SSSR count). The van der Waals surface area contributed by atoms with E-state index in [1.54, 1.807) is 43.6 Å². The Balaban J connectivity index is 1.82. The standard InChI is InChI=1S/C16H19BrN4O3S/c1-19-16(22)15(17)14(12-18-19)20-8-5-9-21(11-10-20)25(23,24)13-6-3-2-4-7-13/h2-4,6-7,12H,5,8-11H2,1H3. The predicted molar refractivity (Wildman–Crippen MR) is 99.2 cm³/mol. The third-order valence-electron chi connectivity index (χ3n) is 4.24. The first-order chi connectivity index (χ1) is 11.9. The molecule has 1 aromatic carbocycles. The van der Waals surface area contributed by atoms with Gasteiger partial charge in [-0.25, -0.2) is 13.1 Å². The molecule has 1 aliphatic heterocycles. The summed E-state index contributed by atoms with van der Waals surface area (Å²) < 4.78 is 28.8. The van der Waals surface area contributed by atoms with Gasteiger partial charge in [0.05, 0.1) is 16.8 Å². The molecule has 1 aromatic heterocycles. The van der Waals surface area contributed by atoms with E-state index in [1.807, 2.05) is 4.90 Å². The van der Waals surface area contributed by atoms with Gasteiger partial charge in [-0.2, -0.15) is 9.40 Å². The van der Waals surface area contributed by atoms with Gasteiger partial charge >= 0.3 is 0 Å². The third kappa shape index (κ3) is 3.63. The Kier molecular flexibility index (Phi) is 5.26. The second kappa shape index (κ2) is 7.27. The van der Waals surface area contributed by atoms with E-state index in [0.29, 0.717) is 47.7 Å². The average molecular weight is 427 g/mol. The summed E-state index contributed by atoms with van der Waals surface area (Å²) in [6, 6.07) is 8.46. The smallest absolute Gasteiger partial charge is 0.282 e. The second-order valence-electron chi connectivity index (χ2n) is 5.83. The fraction of sp³-hybridized carbons (Fsp3) is 0.375. The molecule has 0 radical (unpaired) electrons. The summed E-state index contributed by atoms with van der Waals surface area (Å²) in [7, 11) is -1.91. The first-order valence-electron chi connectivity index (χ1n) is 7.93. The van der Waals surface area contributed by atoms with Crippen molar-refractivity contribution in [3.8, 4) is 0 Å². The minimum absolute atomic E-state index is 0.212. The summed E-state index contributed by atoms with van der Waals surface area (Å²) in [6.07, 6.45) is 2.31. The molecule has 9 heteroatoms. The van der Waals surface area contributed by atoms with Crippen LogP contribution in [0.5, 0.6) is 0 Å². The van der Waals surface area contributed by atoms with Crippen molar-refractivity contribution >= 4 is 31.6 Å². The first kappa shape index (κ1) is 18.1. The second-order valence-corrected chi connectivity index (χ2v) is 8.56. The van der Waals surface area contributed by atoms with E-state index < -0.39 is 10.0 Å². The zero-order valence-corrected chi connectivity index (χ0v) is 16.2. The molecule has 0 N–H and O–H groups in total. The van der Waals surface area contributed by atoms with Crippen molar-refractivity contribution in [2.75, 3.05) is 31.1 Å². The molecule has 2 heterocycles. The number of hydrogen-bond acceptors (Lipinski definition) is 5. The molecule has 0 bridgehead atoms. The maximum Gasteiger partial charge on any atom is 0.282 e. The van der Waals surface area contributed by atoms with Crippen molar-refractivity contribution in [3.05, 3.63) is 51.4 Å². The zero-order chi connectivity index (χ0) is 18.0. The summed E-state index contributed by atoms with van der Waals surface area (Å²) in [5.74, 6) is 0. The number of aryl methyl sites for hydroxylation is 1. The maximum absolute atomic E-state index is 12.8. The summed E-state index contributed by atoms with van der Waals surface area (Å²) in [5.41, 5.74) is 0.484. The topological polar surface area (TPSA) is 75.5 Å². The van der Waals surface area contributed by atoms with Gasteiger partial charge in [-0.05, 0) is 34.5 Å². The molecule has 1 fully saturated rings. The van der Waals surface area contributed by atoms with E-state index in [-0.39, 0.29) is 5.56 Å². The lowest BCUT2D eigenvalue weighted by Gasteiger charge is -2.24. The highest BCUT2D eigenvalue weighted by Crippen LogP contribution is 2.24. The lowest BCUT2D eigenvalue weighted by molar-refractivity contribution is 0.433. The van der Waals surface area contributed by atoms with Crippen LogP contribution in [-0.4, -0.2) is 48.7 Å². The van der Waals surface area contributed by atoms with Gasteiger partial charge in [0.1, 0.15) is 4.47 Å². The Bertz CT molecular complexity index is 915. The zero-order valence-electron chi connectivity index (χ0n) is 13.8. The van der Waals surface area contributed by atoms with Gasteiger partial charge in [0.25, 0.3) is 5.56 Å². The number of nitrogens with zero attached hydrogens (tertiary/aromatic N) is 4. The van der Waals surface area contributed by atoms with Gasteiger partial charge in [0, 0.05) is 33.2 Å². The van der Waals surface area contributed by atoms with Crippen LogP contribution in [0.3, 0.4) is 0 Å². The molecule has 0 saturated carbocycles. The van der Waals surface area contributed by atoms with Gasteiger partial charge in [0.15, 0.2) is 0 Å². The number of anilines is 1. The van der Waals surface area contributed by atoms with Gasteiger partial charge in [-0.1, -0.05) is 18.2 Å². The minimum Gasteiger partial charge on any atom is -0.368 e.